The van der Waals surface area contributed by atoms with Crippen LogP contribution in [0.25, 0.3) is 0 Å². The van der Waals surface area contributed by atoms with Gasteiger partial charge in [0.1, 0.15) is 17.0 Å². The SMILES string of the molecule is COc1ccc(Oc2nnc(C(F)(F)F)cc2C(=O)Nc2ccn[n+]([O-])c2)c(OC)c1. The molecule has 0 aliphatic rings. The van der Waals surface area contributed by atoms with E-state index in [0.717, 1.165) is 12.4 Å². The van der Waals surface area contributed by atoms with Crippen LogP contribution in [0.1, 0.15) is 16.1 Å². The highest BCUT2D eigenvalue weighted by atomic mass is 19.4. The van der Waals surface area contributed by atoms with Crippen molar-refractivity contribution in [2.75, 3.05) is 19.5 Å². The van der Waals surface area contributed by atoms with Gasteiger partial charge in [0, 0.05) is 11.2 Å². The third kappa shape index (κ3) is 5.07. The number of hydrogen-bond donors (Lipinski definition) is 1. The Balaban J connectivity index is 2.01. The number of ether oxygens (including phenoxy) is 3. The lowest BCUT2D eigenvalue weighted by Crippen LogP contribution is -2.30. The van der Waals surface area contributed by atoms with E-state index < -0.39 is 29.2 Å². The highest BCUT2D eigenvalue weighted by Gasteiger charge is 2.35. The molecule has 1 amide bonds. The molecule has 0 aliphatic heterocycles. The lowest BCUT2D eigenvalue weighted by atomic mass is 10.2. The molecular weight excluding hydrogens is 423 g/mol. The number of methoxy groups -OCH3 is 2. The van der Waals surface area contributed by atoms with E-state index in [-0.39, 0.29) is 22.0 Å². The largest absolute Gasteiger partial charge is 0.594 e. The standard InChI is InChI=1S/C18H14F3N5O5/c1-29-11-3-4-13(14(7-11)30-2)31-17-12(8-15(24-25-17)18(19,20)21)16(27)23-10-5-6-22-26(28)9-10/h3-9H,1-2H3,(H,23,27). The molecule has 0 spiro atoms. The van der Waals surface area contributed by atoms with Gasteiger partial charge in [0.2, 0.25) is 6.20 Å². The van der Waals surface area contributed by atoms with Crippen molar-refractivity contribution in [1.29, 1.82) is 0 Å². The first-order valence-electron chi connectivity index (χ1n) is 8.43. The van der Waals surface area contributed by atoms with Gasteiger partial charge in [0.05, 0.1) is 20.4 Å². The van der Waals surface area contributed by atoms with E-state index in [1.807, 2.05) is 0 Å². The van der Waals surface area contributed by atoms with Crippen molar-refractivity contribution in [2.45, 2.75) is 6.18 Å². The monoisotopic (exact) mass is 437 g/mol. The topological polar surface area (TPSA) is 122 Å². The van der Waals surface area contributed by atoms with E-state index in [2.05, 4.69) is 20.6 Å². The van der Waals surface area contributed by atoms with Gasteiger partial charge in [-0.25, -0.2) is 0 Å². The van der Waals surface area contributed by atoms with E-state index in [1.165, 1.54) is 38.5 Å². The number of carbonyl (C=O) groups excluding carboxylic acids is 1. The first kappa shape index (κ1) is 21.5. The average Bonchev–Trinajstić information content (AvgIpc) is 2.73. The Kier molecular flexibility index (Phi) is 6.04. The maximum absolute atomic E-state index is 13.1. The van der Waals surface area contributed by atoms with Crippen molar-refractivity contribution in [1.82, 2.24) is 15.3 Å². The van der Waals surface area contributed by atoms with Crippen LogP contribution in [0.15, 0.2) is 42.7 Å². The molecule has 31 heavy (non-hydrogen) atoms. The molecule has 162 valence electrons. The third-order valence-corrected chi connectivity index (χ3v) is 3.81. The van der Waals surface area contributed by atoms with Crippen LogP contribution in [0.2, 0.25) is 0 Å². The van der Waals surface area contributed by atoms with Gasteiger partial charge in [-0.05, 0) is 24.3 Å². The van der Waals surface area contributed by atoms with Crippen LogP contribution in [0.4, 0.5) is 18.9 Å². The van der Waals surface area contributed by atoms with Gasteiger partial charge in [0.15, 0.2) is 17.2 Å². The first-order valence-corrected chi connectivity index (χ1v) is 8.43. The van der Waals surface area contributed by atoms with Gasteiger partial charge < -0.3 is 24.7 Å². The van der Waals surface area contributed by atoms with E-state index in [1.54, 1.807) is 0 Å². The van der Waals surface area contributed by atoms with Crippen molar-refractivity contribution in [3.8, 4) is 23.1 Å². The molecule has 3 rings (SSSR count). The molecule has 0 saturated carbocycles. The number of carbonyl (C=O) groups is 1. The Labute approximate surface area is 172 Å². The second-order valence-corrected chi connectivity index (χ2v) is 5.84. The number of benzene rings is 1. The molecule has 10 nitrogen and oxygen atoms in total. The van der Waals surface area contributed by atoms with Crippen LogP contribution >= 0.6 is 0 Å². The fraction of sp³-hybridized carbons (Fsp3) is 0.167. The highest BCUT2D eigenvalue weighted by Crippen LogP contribution is 2.36. The van der Waals surface area contributed by atoms with Crippen molar-refractivity contribution in [3.05, 3.63) is 59.2 Å². The number of alkyl halides is 3. The fourth-order valence-corrected chi connectivity index (χ4v) is 2.37. The Morgan fingerprint density at radius 1 is 1.10 bits per heavy atom. The van der Waals surface area contributed by atoms with Crippen LogP contribution in [-0.4, -0.2) is 35.4 Å². The quantitative estimate of drug-likeness (QED) is 0.461. The molecule has 0 bridgehead atoms. The van der Waals surface area contributed by atoms with E-state index in [0.29, 0.717) is 11.8 Å². The molecule has 0 atom stereocenters. The summed E-state index contributed by atoms with van der Waals surface area (Å²) < 4.78 is 55.1. The summed E-state index contributed by atoms with van der Waals surface area (Å²) in [6.07, 6.45) is -2.83. The number of halogens is 3. The van der Waals surface area contributed by atoms with Crippen LogP contribution < -0.4 is 24.4 Å². The zero-order valence-corrected chi connectivity index (χ0v) is 16.0. The average molecular weight is 437 g/mol. The zero-order valence-electron chi connectivity index (χ0n) is 16.0. The summed E-state index contributed by atoms with van der Waals surface area (Å²) in [4.78, 5) is 12.8. The van der Waals surface area contributed by atoms with Gasteiger partial charge in [-0.3, -0.25) is 4.79 Å². The fourth-order valence-electron chi connectivity index (χ4n) is 2.37. The summed E-state index contributed by atoms with van der Waals surface area (Å²) in [6.45, 7) is 0. The molecule has 0 unspecified atom stereocenters. The summed E-state index contributed by atoms with van der Waals surface area (Å²) in [6, 6.07) is 6.16. The Morgan fingerprint density at radius 3 is 2.52 bits per heavy atom. The van der Waals surface area contributed by atoms with Crippen LogP contribution in [0.5, 0.6) is 23.1 Å². The second-order valence-electron chi connectivity index (χ2n) is 5.84. The first-order chi connectivity index (χ1) is 14.7. The minimum atomic E-state index is -4.85. The Bertz CT molecular complexity index is 1110. The predicted molar refractivity (Wildman–Crippen MR) is 97.8 cm³/mol. The molecule has 0 radical (unpaired) electrons. The van der Waals surface area contributed by atoms with Crippen molar-refractivity contribution >= 4 is 11.6 Å². The normalized spacial score (nSPS) is 11.0. The highest BCUT2D eigenvalue weighted by molar-refractivity contribution is 6.05. The predicted octanol–water partition coefficient (Wildman–Crippen LogP) is 2.59. The third-order valence-electron chi connectivity index (χ3n) is 3.81. The van der Waals surface area contributed by atoms with Gasteiger partial charge in [-0.1, -0.05) is 4.85 Å². The van der Waals surface area contributed by atoms with Crippen molar-refractivity contribution in [3.63, 3.8) is 0 Å². The lowest BCUT2D eigenvalue weighted by molar-refractivity contribution is -0.668. The van der Waals surface area contributed by atoms with Crippen LogP contribution in [-0.2, 0) is 6.18 Å². The molecule has 2 heterocycles. The minimum Gasteiger partial charge on any atom is -0.594 e. The van der Waals surface area contributed by atoms with Crippen molar-refractivity contribution < 1.29 is 37.0 Å². The smallest absolute Gasteiger partial charge is 0.435 e. The Hall–Kier alpha value is -4.16. The number of nitrogens with zero attached hydrogens (tertiary/aromatic N) is 4. The van der Waals surface area contributed by atoms with Gasteiger partial charge in [-0.2, -0.15) is 13.2 Å². The number of nitrogens with one attached hydrogen (secondary N) is 1. The molecule has 2 aromatic heterocycles. The van der Waals surface area contributed by atoms with Crippen LogP contribution in [0.3, 0.4) is 0 Å². The number of rotatable bonds is 6. The summed E-state index contributed by atoms with van der Waals surface area (Å²) in [5.41, 5.74) is -1.98. The van der Waals surface area contributed by atoms with Crippen LogP contribution in [0, 0.1) is 5.21 Å². The maximum Gasteiger partial charge on any atom is 0.435 e. The Morgan fingerprint density at radius 2 is 1.87 bits per heavy atom. The van der Waals surface area contributed by atoms with Gasteiger partial charge >= 0.3 is 6.18 Å². The molecule has 13 heteroatoms. The van der Waals surface area contributed by atoms with Gasteiger partial charge in [0.25, 0.3) is 11.8 Å². The molecule has 0 saturated heterocycles. The van der Waals surface area contributed by atoms with E-state index in [9.17, 15) is 23.2 Å². The second kappa shape index (κ2) is 8.69. The summed E-state index contributed by atoms with van der Waals surface area (Å²) in [5.74, 6) is -0.877. The molecule has 3 aromatic rings. The summed E-state index contributed by atoms with van der Waals surface area (Å²) in [5, 5.41) is 23.4. The number of aromatic nitrogens is 4. The molecule has 1 N–H and O–H groups in total. The number of amides is 1. The number of anilines is 1. The molecule has 1 aromatic carbocycles. The minimum absolute atomic E-state index is 0.00616. The lowest BCUT2D eigenvalue weighted by Gasteiger charge is -2.14. The van der Waals surface area contributed by atoms with Crippen molar-refractivity contribution in [2.24, 2.45) is 0 Å². The van der Waals surface area contributed by atoms with E-state index in [4.69, 9.17) is 14.2 Å². The number of hydrogen-bond acceptors (Lipinski definition) is 8. The molecule has 0 fully saturated rings. The van der Waals surface area contributed by atoms with E-state index >= 15 is 0 Å². The molecule has 0 aliphatic carbocycles. The zero-order chi connectivity index (χ0) is 22.6. The maximum atomic E-state index is 13.1. The summed E-state index contributed by atoms with van der Waals surface area (Å²) in [7, 11) is 2.78. The van der Waals surface area contributed by atoms with Gasteiger partial charge in [-0.15, -0.1) is 10.2 Å². The molecular formula is C18H14F3N5O5. The summed E-state index contributed by atoms with van der Waals surface area (Å²) >= 11 is 0.